The van der Waals surface area contributed by atoms with Crippen LogP contribution >= 0.6 is 11.8 Å². The molecular weight excluding hydrogens is 543 g/mol. The van der Waals surface area contributed by atoms with E-state index in [9.17, 15) is 33.0 Å². The van der Waals surface area contributed by atoms with Crippen LogP contribution in [0.2, 0.25) is 0 Å². The van der Waals surface area contributed by atoms with Crippen molar-refractivity contribution in [2.24, 2.45) is 34.3 Å². The Hall–Kier alpha value is -1.78. The van der Waals surface area contributed by atoms with Gasteiger partial charge in [0.25, 0.3) is 0 Å². The fraction of sp³-hybridized carbons (Fsp3) is 0.733. The van der Waals surface area contributed by atoms with Gasteiger partial charge < -0.3 is 20.7 Å². The molecule has 0 amide bonds. The van der Waals surface area contributed by atoms with E-state index >= 15 is 0 Å². The van der Waals surface area contributed by atoms with E-state index in [1.807, 2.05) is 13.8 Å². The van der Waals surface area contributed by atoms with Crippen LogP contribution < -0.4 is 5.73 Å². The average molecular weight is 590 g/mol. The predicted octanol–water partition coefficient (Wildman–Crippen LogP) is 6.07. The van der Waals surface area contributed by atoms with Crippen LogP contribution in [-0.4, -0.2) is 51.7 Å². The van der Waals surface area contributed by atoms with Gasteiger partial charge in [0.2, 0.25) is 0 Å². The van der Waals surface area contributed by atoms with Crippen LogP contribution in [0.25, 0.3) is 0 Å². The Morgan fingerprint density at radius 2 is 1.90 bits per heavy atom. The van der Waals surface area contributed by atoms with Gasteiger partial charge in [-0.25, -0.2) is 0 Å². The molecule has 228 valence electrons. The minimum Gasteiger partial charge on any atom is -0.458 e. The molecule has 1 heterocycles. The van der Waals surface area contributed by atoms with E-state index in [-0.39, 0.29) is 19.3 Å². The molecule has 0 spiro atoms. The minimum absolute atomic E-state index is 0.0547. The number of Topliss-reactive ketones (excluding diaryl/α,β-unsaturated/α-hetero) is 1. The second-order valence-corrected chi connectivity index (χ2v) is 13.5. The summed E-state index contributed by atoms with van der Waals surface area (Å²) in [4.78, 5) is 26.2. The van der Waals surface area contributed by atoms with Crippen molar-refractivity contribution in [3.8, 4) is 0 Å². The third-order valence-electron chi connectivity index (χ3n) is 8.70. The molecule has 1 fully saturated rings. The summed E-state index contributed by atoms with van der Waals surface area (Å²) >= 11 is 1.53. The number of thioether (sulfide) groups is 1. The van der Waals surface area contributed by atoms with Crippen LogP contribution in [0, 0.1) is 28.6 Å². The van der Waals surface area contributed by atoms with E-state index < -0.39 is 71.2 Å². The number of aliphatic hydroxyl groups is 2. The van der Waals surface area contributed by atoms with Crippen molar-refractivity contribution in [3.63, 3.8) is 0 Å². The molecule has 1 saturated carbocycles. The monoisotopic (exact) mass is 589 g/mol. The molecule has 3 unspecified atom stereocenters. The lowest BCUT2D eigenvalue weighted by atomic mass is 9.73. The quantitative estimate of drug-likeness (QED) is 0.203. The number of fused-ring (bicyclic) bond motifs is 1. The number of halogens is 3. The number of ketones is 1. The van der Waals surface area contributed by atoms with Crippen LogP contribution in [-0.2, 0) is 14.3 Å². The highest BCUT2D eigenvalue weighted by Crippen LogP contribution is 2.66. The van der Waals surface area contributed by atoms with E-state index in [4.69, 9.17) is 10.5 Å². The Morgan fingerprint density at radius 1 is 1.27 bits per heavy atom. The van der Waals surface area contributed by atoms with Crippen molar-refractivity contribution in [2.45, 2.75) is 110 Å². The lowest BCUT2D eigenvalue weighted by molar-refractivity contribution is -0.192. The number of rotatable bonds is 5. The second kappa shape index (κ2) is 13.5. The highest BCUT2D eigenvalue weighted by atomic mass is 32.2. The van der Waals surface area contributed by atoms with E-state index in [2.05, 4.69) is 0 Å². The predicted molar refractivity (Wildman–Crippen MR) is 152 cm³/mol. The van der Waals surface area contributed by atoms with Crippen molar-refractivity contribution in [1.82, 2.24) is 0 Å². The molecule has 1 aliphatic carbocycles. The molecule has 0 aromatic rings. The fourth-order valence-electron chi connectivity index (χ4n) is 5.26. The van der Waals surface area contributed by atoms with Gasteiger partial charge >= 0.3 is 12.1 Å². The van der Waals surface area contributed by atoms with E-state index in [0.29, 0.717) is 16.5 Å². The molecule has 1 aliphatic heterocycles. The summed E-state index contributed by atoms with van der Waals surface area (Å²) in [5, 5.41) is 23.7. The molecule has 0 bridgehead atoms. The molecule has 2 rings (SSSR count). The van der Waals surface area contributed by atoms with Crippen LogP contribution in [0.5, 0.6) is 0 Å². The van der Waals surface area contributed by atoms with Gasteiger partial charge in [-0.1, -0.05) is 53.7 Å². The zero-order valence-corrected chi connectivity index (χ0v) is 25.4. The number of alkyl halides is 3. The molecule has 0 saturated heterocycles. The SMILES string of the molecule is CCC(C)S/C=C(N)/C=C(\C)[C@@H]1CC2CC2(C(F)(F)F)C/C=C/[C@H](C)[C@H](O)[C@@H](C)C(=O)C(C)(C)[C@@H](O)CC(=O)O1. The number of esters is 1. The van der Waals surface area contributed by atoms with Gasteiger partial charge in [-0.05, 0) is 55.6 Å². The average Bonchev–Trinajstić information content (AvgIpc) is 3.58. The highest BCUT2D eigenvalue weighted by molar-refractivity contribution is 8.02. The molecule has 40 heavy (non-hydrogen) atoms. The van der Waals surface area contributed by atoms with Crippen LogP contribution in [0.15, 0.2) is 34.9 Å². The van der Waals surface area contributed by atoms with Gasteiger partial charge in [0.1, 0.15) is 11.9 Å². The Kier molecular flexibility index (Phi) is 11.6. The molecule has 2 aliphatic rings. The first-order valence-electron chi connectivity index (χ1n) is 14.0. The number of carbonyl (C=O) groups excluding carboxylic acids is 2. The number of nitrogens with two attached hydrogens (primary N) is 1. The normalized spacial score (nSPS) is 36.4. The van der Waals surface area contributed by atoms with Gasteiger partial charge in [-0.15, -0.1) is 11.8 Å². The molecule has 0 aromatic heterocycles. The Bertz CT molecular complexity index is 1010. The summed E-state index contributed by atoms with van der Waals surface area (Å²) in [6.07, 6.45) is -3.51. The van der Waals surface area contributed by atoms with Gasteiger partial charge in [0.15, 0.2) is 0 Å². The molecule has 0 aromatic carbocycles. The number of carbonyl (C=O) groups is 2. The van der Waals surface area contributed by atoms with Crippen LogP contribution in [0.3, 0.4) is 0 Å². The van der Waals surface area contributed by atoms with Gasteiger partial charge in [0.05, 0.1) is 29.5 Å². The third-order valence-corrected chi connectivity index (χ3v) is 9.90. The maximum atomic E-state index is 14.3. The molecular formula is C30H46F3NO5S. The number of allylic oxidation sites excluding steroid dienone is 2. The largest absolute Gasteiger partial charge is 0.458 e. The minimum atomic E-state index is -4.48. The molecule has 4 N–H and O–H groups in total. The maximum absolute atomic E-state index is 14.3. The van der Waals surface area contributed by atoms with Crippen molar-refractivity contribution in [3.05, 3.63) is 34.9 Å². The summed E-state index contributed by atoms with van der Waals surface area (Å²) in [5.41, 5.74) is 3.71. The summed E-state index contributed by atoms with van der Waals surface area (Å²) in [7, 11) is 0. The summed E-state index contributed by atoms with van der Waals surface area (Å²) in [6, 6.07) is 0. The van der Waals surface area contributed by atoms with Crippen LogP contribution in [0.4, 0.5) is 13.2 Å². The van der Waals surface area contributed by atoms with Crippen molar-refractivity contribution < 1.29 is 37.7 Å². The highest BCUT2D eigenvalue weighted by Gasteiger charge is 2.69. The van der Waals surface area contributed by atoms with Crippen molar-refractivity contribution in [1.29, 1.82) is 0 Å². The van der Waals surface area contributed by atoms with Crippen molar-refractivity contribution >= 4 is 23.5 Å². The number of hydrogen-bond donors (Lipinski definition) is 3. The number of ether oxygens (including phenoxy) is 1. The van der Waals surface area contributed by atoms with Crippen LogP contribution in [0.1, 0.15) is 80.6 Å². The maximum Gasteiger partial charge on any atom is 0.395 e. The zero-order valence-electron chi connectivity index (χ0n) is 24.6. The zero-order chi connectivity index (χ0) is 30.6. The smallest absolute Gasteiger partial charge is 0.395 e. The lowest BCUT2D eigenvalue weighted by Gasteiger charge is -2.34. The molecule has 0 radical (unpaired) electrons. The fourth-order valence-corrected chi connectivity index (χ4v) is 5.91. The molecule has 8 atom stereocenters. The van der Waals surface area contributed by atoms with Gasteiger partial charge in [-0.3, -0.25) is 9.59 Å². The Morgan fingerprint density at radius 3 is 2.48 bits per heavy atom. The standard InChI is InChI=1S/C30H46F3NO5S/c1-8-19(4)40-16-22(34)12-18(3)23-13-21-15-29(21,30(31,32)33)11-9-10-17(2)26(37)20(5)27(38)28(6,7)24(35)14-25(36)39-23/h9-10,12,16-17,19-21,23-24,26,35,37H,8,11,13-15,34H2,1-7H3/b10-9+,18-12+,22-16-/t17-,19?,20+,21?,23-,24-,26-,29?/m0/s1. The van der Waals surface area contributed by atoms with E-state index in [1.165, 1.54) is 44.7 Å². The summed E-state index contributed by atoms with van der Waals surface area (Å²) in [5.74, 6) is -3.57. The number of cyclic esters (lactones) is 1. The molecule has 6 nitrogen and oxygen atoms in total. The third kappa shape index (κ3) is 8.16. The lowest BCUT2D eigenvalue weighted by Crippen LogP contribution is -2.45. The first-order chi connectivity index (χ1) is 18.4. The first kappa shape index (κ1) is 34.4. The Balaban J connectivity index is 2.47. The van der Waals surface area contributed by atoms with Crippen molar-refractivity contribution in [2.75, 3.05) is 0 Å². The molecule has 10 heteroatoms. The van der Waals surface area contributed by atoms with E-state index in [0.717, 1.165) is 6.42 Å². The van der Waals surface area contributed by atoms with Gasteiger partial charge in [0, 0.05) is 22.8 Å². The first-order valence-corrected chi connectivity index (χ1v) is 14.9. The van der Waals surface area contributed by atoms with E-state index in [1.54, 1.807) is 25.3 Å². The number of aliphatic hydroxyl groups excluding tert-OH is 2. The number of hydrogen-bond acceptors (Lipinski definition) is 7. The van der Waals surface area contributed by atoms with Gasteiger partial charge in [-0.2, -0.15) is 13.2 Å². The second-order valence-electron chi connectivity index (χ2n) is 12.2. The topological polar surface area (TPSA) is 110 Å². The Labute approximate surface area is 240 Å². The summed E-state index contributed by atoms with van der Waals surface area (Å²) in [6.45, 7) is 11.9. The summed E-state index contributed by atoms with van der Waals surface area (Å²) < 4.78 is 48.6.